The molecule has 0 spiro atoms. The average molecular weight is 468 g/mol. The Bertz CT molecular complexity index is 961. The molecule has 2 rings (SSSR count). The van der Waals surface area contributed by atoms with Crippen LogP contribution in [0.2, 0.25) is 0 Å². The lowest BCUT2D eigenvalue weighted by molar-refractivity contribution is -0.141. The molecule has 0 fully saturated rings. The summed E-state index contributed by atoms with van der Waals surface area (Å²) in [5.74, 6) is -2.70. The van der Waals surface area contributed by atoms with E-state index in [1.165, 1.54) is 0 Å². The summed E-state index contributed by atoms with van der Waals surface area (Å²) in [4.78, 5) is 50.4. The van der Waals surface area contributed by atoms with Crippen LogP contribution in [0, 0.1) is 11.8 Å². The average Bonchev–Trinajstić information content (AvgIpc) is 2.83. The van der Waals surface area contributed by atoms with Crippen LogP contribution in [0.5, 0.6) is 0 Å². The summed E-state index contributed by atoms with van der Waals surface area (Å²) >= 11 is 0. The topological polar surface area (TPSA) is 114 Å². The van der Waals surface area contributed by atoms with E-state index in [9.17, 15) is 19.2 Å². The van der Waals surface area contributed by atoms with Crippen molar-refractivity contribution in [1.29, 1.82) is 0 Å². The van der Waals surface area contributed by atoms with Crippen LogP contribution in [0.1, 0.15) is 38.8 Å². The SMILES string of the molecule is CC(C)[C@H](NC(=O)OCc1ccccc1)C(=O)N[C@H](C(=O)C(=O)NCc1ccccc1)C(C)C. The van der Waals surface area contributed by atoms with Crippen LogP contribution >= 0.6 is 0 Å². The molecule has 0 aliphatic heterocycles. The van der Waals surface area contributed by atoms with Gasteiger partial charge in [0.2, 0.25) is 11.7 Å². The van der Waals surface area contributed by atoms with Crippen LogP contribution in [0.4, 0.5) is 4.79 Å². The summed E-state index contributed by atoms with van der Waals surface area (Å²) < 4.78 is 5.21. The number of Topliss-reactive ketones (excluding diaryl/α,β-unsaturated/α-hetero) is 1. The van der Waals surface area contributed by atoms with Crippen LogP contribution in [0.3, 0.4) is 0 Å². The van der Waals surface area contributed by atoms with Crippen molar-refractivity contribution < 1.29 is 23.9 Å². The Hall–Kier alpha value is -3.68. The van der Waals surface area contributed by atoms with Crippen molar-refractivity contribution in [3.63, 3.8) is 0 Å². The quantitative estimate of drug-likeness (QED) is 0.440. The molecule has 0 unspecified atom stereocenters. The van der Waals surface area contributed by atoms with Gasteiger partial charge in [-0.25, -0.2) is 4.79 Å². The number of carbonyl (C=O) groups is 4. The zero-order chi connectivity index (χ0) is 25.1. The van der Waals surface area contributed by atoms with E-state index in [2.05, 4.69) is 16.0 Å². The fourth-order valence-corrected chi connectivity index (χ4v) is 3.21. The molecule has 34 heavy (non-hydrogen) atoms. The highest BCUT2D eigenvalue weighted by molar-refractivity contribution is 6.38. The summed E-state index contributed by atoms with van der Waals surface area (Å²) in [7, 11) is 0. The molecule has 2 atom stereocenters. The van der Waals surface area contributed by atoms with E-state index in [-0.39, 0.29) is 25.0 Å². The predicted molar refractivity (Wildman–Crippen MR) is 128 cm³/mol. The van der Waals surface area contributed by atoms with E-state index in [1.807, 2.05) is 60.7 Å². The Kier molecular flexibility index (Phi) is 10.3. The van der Waals surface area contributed by atoms with Crippen LogP contribution < -0.4 is 16.0 Å². The molecule has 3 N–H and O–H groups in total. The minimum atomic E-state index is -1.04. The zero-order valence-corrected chi connectivity index (χ0v) is 20.0. The van der Waals surface area contributed by atoms with E-state index < -0.39 is 35.8 Å². The molecular formula is C26H33N3O5. The van der Waals surface area contributed by atoms with Gasteiger partial charge >= 0.3 is 6.09 Å². The third-order valence-corrected chi connectivity index (χ3v) is 5.20. The van der Waals surface area contributed by atoms with Crippen molar-refractivity contribution in [2.24, 2.45) is 11.8 Å². The van der Waals surface area contributed by atoms with Crippen molar-refractivity contribution in [3.8, 4) is 0 Å². The first-order valence-electron chi connectivity index (χ1n) is 11.3. The largest absolute Gasteiger partial charge is 0.445 e. The monoisotopic (exact) mass is 467 g/mol. The molecule has 0 heterocycles. The summed E-state index contributed by atoms with van der Waals surface area (Å²) in [6.45, 7) is 7.26. The van der Waals surface area contributed by atoms with Gasteiger partial charge in [0.15, 0.2) is 0 Å². The molecule has 0 aliphatic rings. The number of ketones is 1. The third-order valence-electron chi connectivity index (χ3n) is 5.20. The Labute approximate surface area is 200 Å². The van der Waals surface area contributed by atoms with Gasteiger partial charge in [-0.3, -0.25) is 14.4 Å². The van der Waals surface area contributed by atoms with Crippen LogP contribution in [-0.4, -0.2) is 35.8 Å². The number of hydrogen-bond donors (Lipinski definition) is 3. The highest BCUT2D eigenvalue weighted by Crippen LogP contribution is 2.09. The number of hydrogen-bond acceptors (Lipinski definition) is 5. The first-order valence-corrected chi connectivity index (χ1v) is 11.3. The molecule has 8 heteroatoms. The van der Waals surface area contributed by atoms with Crippen molar-refractivity contribution >= 4 is 23.7 Å². The van der Waals surface area contributed by atoms with Gasteiger partial charge in [0.25, 0.3) is 5.91 Å². The van der Waals surface area contributed by atoms with Gasteiger partial charge in [0, 0.05) is 6.54 Å². The van der Waals surface area contributed by atoms with Crippen LogP contribution in [0.25, 0.3) is 0 Å². The molecule has 0 aromatic heterocycles. The Morgan fingerprint density at radius 1 is 0.735 bits per heavy atom. The number of nitrogens with one attached hydrogen (secondary N) is 3. The van der Waals surface area contributed by atoms with Crippen molar-refractivity contribution in [2.75, 3.05) is 0 Å². The number of amides is 3. The third kappa shape index (κ3) is 8.35. The number of alkyl carbamates (subject to hydrolysis) is 1. The second-order valence-corrected chi connectivity index (χ2v) is 8.69. The van der Waals surface area contributed by atoms with Crippen molar-refractivity contribution in [3.05, 3.63) is 71.8 Å². The van der Waals surface area contributed by atoms with Gasteiger partial charge < -0.3 is 20.7 Å². The number of benzene rings is 2. The second-order valence-electron chi connectivity index (χ2n) is 8.69. The number of ether oxygens (including phenoxy) is 1. The number of carbonyl (C=O) groups excluding carboxylic acids is 4. The Morgan fingerprint density at radius 3 is 1.79 bits per heavy atom. The zero-order valence-electron chi connectivity index (χ0n) is 20.0. The van der Waals surface area contributed by atoms with E-state index in [1.54, 1.807) is 27.7 Å². The molecule has 0 bridgehead atoms. The lowest BCUT2D eigenvalue weighted by Crippen LogP contribution is -2.56. The van der Waals surface area contributed by atoms with Gasteiger partial charge in [-0.2, -0.15) is 0 Å². The molecule has 0 aliphatic carbocycles. The first kappa shape index (κ1) is 26.6. The fraction of sp³-hybridized carbons (Fsp3) is 0.385. The molecule has 2 aromatic carbocycles. The highest BCUT2D eigenvalue weighted by Gasteiger charge is 2.33. The molecule has 182 valence electrons. The minimum Gasteiger partial charge on any atom is -0.445 e. The van der Waals surface area contributed by atoms with E-state index in [0.717, 1.165) is 11.1 Å². The van der Waals surface area contributed by atoms with Crippen LogP contribution in [0.15, 0.2) is 60.7 Å². The molecule has 0 saturated heterocycles. The van der Waals surface area contributed by atoms with Gasteiger partial charge in [0.1, 0.15) is 12.6 Å². The smallest absolute Gasteiger partial charge is 0.408 e. The van der Waals surface area contributed by atoms with Crippen LogP contribution in [-0.2, 0) is 32.3 Å². The standard InChI is InChI=1S/C26H33N3O5/c1-17(2)21(23(30)25(32)27-15-19-11-7-5-8-12-19)28-24(31)22(18(3)4)29-26(33)34-16-20-13-9-6-10-14-20/h5-14,17-18,21-22H,15-16H2,1-4H3,(H,27,32)(H,28,31)(H,29,33)/t21-,22-/m0/s1. The Balaban J connectivity index is 1.96. The van der Waals surface area contributed by atoms with Crippen molar-refractivity contribution in [1.82, 2.24) is 16.0 Å². The summed E-state index contributed by atoms with van der Waals surface area (Å²) in [6, 6.07) is 16.4. The fourth-order valence-electron chi connectivity index (χ4n) is 3.21. The predicted octanol–water partition coefficient (Wildman–Crippen LogP) is 2.96. The molecule has 0 radical (unpaired) electrons. The van der Waals surface area contributed by atoms with E-state index in [4.69, 9.17) is 4.74 Å². The maximum atomic E-state index is 13.0. The Morgan fingerprint density at radius 2 is 1.26 bits per heavy atom. The van der Waals surface area contributed by atoms with Crippen molar-refractivity contribution in [2.45, 2.75) is 52.9 Å². The second kappa shape index (κ2) is 13.1. The maximum Gasteiger partial charge on any atom is 0.408 e. The lowest BCUT2D eigenvalue weighted by Gasteiger charge is -2.26. The van der Waals surface area contributed by atoms with E-state index in [0.29, 0.717) is 0 Å². The molecular weight excluding hydrogens is 434 g/mol. The molecule has 0 saturated carbocycles. The summed E-state index contributed by atoms with van der Waals surface area (Å²) in [5.41, 5.74) is 1.67. The summed E-state index contributed by atoms with van der Waals surface area (Å²) in [5, 5.41) is 7.79. The van der Waals surface area contributed by atoms with Gasteiger partial charge in [-0.05, 0) is 23.0 Å². The normalized spacial score (nSPS) is 12.5. The molecule has 3 amide bonds. The molecule has 8 nitrogen and oxygen atoms in total. The number of rotatable bonds is 11. The summed E-state index contributed by atoms with van der Waals surface area (Å²) in [6.07, 6.45) is -0.745. The van der Waals surface area contributed by atoms with Gasteiger partial charge in [-0.1, -0.05) is 88.4 Å². The maximum absolute atomic E-state index is 13.0. The minimum absolute atomic E-state index is 0.0633. The lowest BCUT2D eigenvalue weighted by atomic mass is 9.97. The highest BCUT2D eigenvalue weighted by atomic mass is 16.5. The van der Waals surface area contributed by atoms with Gasteiger partial charge in [0.05, 0.1) is 6.04 Å². The van der Waals surface area contributed by atoms with Gasteiger partial charge in [-0.15, -0.1) is 0 Å². The molecule has 2 aromatic rings. The first-order chi connectivity index (χ1) is 16.2. The van der Waals surface area contributed by atoms with E-state index >= 15 is 0 Å².